The van der Waals surface area contributed by atoms with Gasteiger partial charge in [-0.1, -0.05) is 0 Å². The number of amides is 2. The fourth-order valence-corrected chi connectivity index (χ4v) is 4.47. The van der Waals surface area contributed by atoms with Crippen molar-refractivity contribution >= 4 is 12.0 Å². The Kier molecular flexibility index (Phi) is 7.98. The van der Waals surface area contributed by atoms with Crippen LogP contribution >= 0.6 is 0 Å². The highest BCUT2D eigenvalue weighted by Gasteiger charge is 2.29. The topological polar surface area (TPSA) is 59.6 Å². The van der Waals surface area contributed by atoms with Crippen LogP contribution in [0, 0.1) is 5.92 Å². The predicted molar refractivity (Wildman–Crippen MR) is 117 cm³/mol. The molecular weight excluding hydrogens is 382 g/mol. The summed E-state index contributed by atoms with van der Waals surface area (Å²) in [5.74, 6) is 0.924. The summed E-state index contributed by atoms with van der Waals surface area (Å²) in [7, 11) is 2.11. The van der Waals surface area contributed by atoms with Crippen LogP contribution in [-0.4, -0.2) is 128 Å². The monoisotopic (exact) mass is 423 g/mol. The molecule has 0 unspecified atom stereocenters. The average Bonchev–Trinajstić information content (AvgIpc) is 2.69. The fraction of sp³-hybridized carbons (Fsp3) is 0.909. The SMILES string of the molecule is CN1CCN(C(=O)CN2CCN(CC3CCN(C(=O)OC(C)(C)C)CC3)CC2)CC1. The molecule has 8 nitrogen and oxygen atoms in total. The van der Waals surface area contributed by atoms with Gasteiger partial charge >= 0.3 is 6.09 Å². The third kappa shape index (κ3) is 7.10. The molecule has 172 valence electrons. The van der Waals surface area contributed by atoms with E-state index in [4.69, 9.17) is 4.74 Å². The van der Waals surface area contributed by atoms with Gasteiger partial charge in [0.2, 0.25) is 5.91 Å². The number of hydrogen-bond donors (Lipinski definition) is 0. The number of piperidine rings is 1. The van der Waals surface area contributed by atoms with Gasteiger partial charge in [0.25, 0.3) is 0 Å². The highest BCUT2D eigenvalue weighted by molar-refractivity contribution is 5.78. The van der Waals surface area contributed by atoms with E-state index in [0.717, 1.165) is 84.8 Å². The third-order valence-corrected chi connectivity index (χ3v) is 6.46. The van der Waals surface area contributed by atoms with Gasteiger partial charge in [-0.3, -0.25) is 9.69 Å². The second-order valence-corrected chi connectivity index (χ2v) is 10.2. The molecule has 0 aliphatic carbocycles. The second-order valence-electron chi connectivity index (χ2n) is 10.2. The molecule has 0 saturated carbocycles. The van der Waals surface area contributed by atoms with Crippen molar-refractivity contribution in [3.63, 3.8) is 0 Å². The number of nitrogens with zero attached hydrogens (tertiary/aromatic N) is 5. The molecule has 30 heavy (non-hydrogen) atoms. The van der Waals surface area contributed by atoms with Crippen LogP contribution in [0.25, 0.3) is 0 Å². The lowest BCUT2D eigenvalue weighted by molar-refractivity contribution is -0.134. The maximum absolute atomic E-state index is 12.6. The fourth-order valence-electron chi connectivity index (χ4n) is 4.47. The zero-order valence-electron chi connectivity index (χ0n) is 19.4. The maximum atomic E-state index is 12.6. The lowest BCUT2D eigenvalue weighted by atomic mass is 9.96. The van der Waals surface area contributed by atoms with Gasteiger partial charge in [0.1, 0.15) is 5.60 Å². The molecular formula is C22H41N5O3. The van der Waals surface area contributed by atoms with E-state index in [1.807, 2.05) is 30.6 Å². The van der Waals surface area contributed by atoms with Crippen LogP contribution in [0.2, 0.25) is 0 Å². The third-order valence-electron chi connectivity index (χ3n) is 6.46. The van der Waals surface area contributed by atoms with E-state index >= 15 is 0 Å². The Labute approximate surface area is 182 Å². The molecule has 0 radical (unpaired) electrons. The Hall–Kier alpha value is -1.38. The van der Waals surface area contributed by atoms with E-state index in [-0.39, 0.29) is 12.0 Å². The standard InChI is InChI=1S/C22H41N5O3/c1-22(2,3)30-21(29)27-7-5-19(6-8-27)17-24-11-13-25(14-12-24)18-20(28)26-15-9-23(4)10-16-26/h19H,5-18H2,1-4H3. The summed E-state index contributed by atoms with van der Waals surface area (Å²) in [6, 6.07) is 0. The van der Waals surface area contributed by atoms with Gasteiger partial charge in [-0.25, -0.2) is 4.79 Å². The zero-order chi connectivity index (χ0) is 21.7. The van der Waals surface area contributed by atoms with Gasteiger partial charge in [0.15, 0.2) is 0 Å². The Morgan fingerprint density at radius 3 is 1.93 bits per heavy atom. The van der Waals surface area contributed by atoms with Crippen molar-refractivity contribution in [2.24, 2.45) is 5.92 Å². The van der Waals surface area contributed by atoms with Crippen LogP contribution in [0.3, 0.4) is 0 Å². The van der Waals surface area contributed by atoms with Crippen molar-refractivity contribution < 1.29 is 14.3 Å². The molecule has 3 rings (SSSR count). The minimum Gasteiger partial charge on any atom is -0.444 e. The number of likely N-dealkylation sites (N-methyl/N-ethyl adjacent to an activating group) is 1. The number of rotatable bonds is 4. The summed E-state index contributed by atoms with van der Waals surface area (Å²) in [4.78, 5) is 35.8. The molecule has 8 heteroatoms. The van der Waals surface area contributed by atoms with E-state index < -0.39 is 5.60 Å². The first-order valence-electron chi connectivity index (χ1n) is 11.6. The first kappa shape index (κ1) is 23.3. The lowest BCUT2D eigenvalue weighted by Gasteiger charge is -2.39. The second kappa shape index (κ2) is 10.3. The van der Waals surface area contributed by atoms with Crippen molar-refractivity contribution in [3.8, 4) is 0 Å². The van der Waals surface area contributed by atoms with Crippen LogP contribution in [0.1, 0.15) is 33.6 Å². The van der Waals surface area contributed by atoms with E-state index in [9.17, 15) is 9.59 Å². The molecule has 3 heterocycles. The van der Waals surface area contributed by atoms with Crippen LogP contribution in [0.15, 0.2) is 0 Å². The molecule has 3 aliphatic rings. The minimum absolute atomic E-state index is 0.181. The Morgan fingerprint density at radius 2 is 1.37 bits per heavy atom. The van der Waals surface area contributed by atoms with E-state index in [2.05, 4.69) is 21.7 Å². The van der Waals surface area contributed by atoms with Crippen molar-refractivity contribution in [2.45, 2.75) is 39.2 Å². The van der Waals surface area contributed by atoms with Gasteiger partial charge in [0, 0.05) is 72.0 Å². The molecule has 0 N–H and O–H groups in total. The Morgan fingerprint density at radius 1 is 0.800 bits per heavy atom. The molecule has 0 aromatic rings. The normalized spacial score (nSPS) is 23.6. The summed E-state index contributed by atoms with van der Waals surface area (Å²) in [5.41, 5.74) is -0.431. The van der Waals surface area contributed by atoms with Crippen molar-refractivity contribution in [1.82, 2.24) is 24.5 Å². The molecule has 3 fully saturated rings. The molecule has 0 bridgehead atoms. The molecule has 0 aromatic heterocycles. The predicted octanol–water partition coefficient (Wildman–Crippen LogP) is 1.03. The molecule has 3 saturated heterocycles. The number of carbonyl (C=O) groups is 2. The van der Waals surface area contributed by atoms with E-state index in [1.54, 1.807) is 0 Å². The largest absolute Gasteiger partial charge is 0.444 e. The Balaban J connectivity index is 1.32. The first-order valence-corrected chi connectivity index (χ1v) is 11.6. The van der Waals surface area contributed by atoms with Crippen LogP contribution in [0.5, 0.6) is 0 Å². The minimum atomic E-state index is -0.431. The number of ether oxygens (including phenoxy) is 1. The lowest BCUT2D eigenvalue weighted by Crippen LogP contribution is -2.54. The van der Waals surface area contributed by atoms with Crippen molar-refractivity contribution in [3.05, 3.63) is 0 Å². The van der Waals surface area contributed by atoms with Crippen molar-refractivity contribution in [2.75, 3.05) is 85.6 Å². The molecule has 0 aromatic carbocycles. The average molecular weight is 424 g/mol. The number of carbonyl (C=O) groups excluding carboxylic acids is 2. The van der Waals surface area contributed by atoms with Gasteiger partial charge in [0.05, 0.1) is 6.54 Å². The van der Waals surface area contributed by atoms with E-state index in [0.29, 0.717) is 12.5 Å². The van der Waals surface area contributed by atoms with Crippen LogP contribution in [0.4, 0.5) is 4.79 Å². The van der Waals surface area contributed by atoms with Gasteiger partial charge in [-0.2, -0.15) is 0 Å². The van der Waals surface area contributed by atoms with E-state index in [1.165, 1.54) is 0 Å². The highest BCUT2D eigenvalue weighted by atomic mass is 16.6. The summed E-state index contributed by atoms with van der Waals surface area (Å²) in [6.07, 6.45) is 1.91. The molecule has 0 spiro atoms. The number of piperazine rings is 2. The number of likely N-dealkylation sites (tertiary alicyclic amines) is 1. The van der Waals surface area contributed by atoms with Gasteiger partial charge in [-0.15, -0.1) is 0 Å². The van der Waals surface area contributed by atoms with Gasteiger partial charge in [-0.05, 0) is 46.6 Å². The smallest absolute Gasteiger partial charge is 0.410 e. The van der Waals surface area contributed by atoms with Crippen LogP contribution in [-0.2, 0) is 9.53 Å². The summed E-state index contributed by atoms with van der Waals surface area (Å²) < 4.78 is 5.49. The highest BCUT2D eigenvalue weighted by Crippen LogP contribution is 2.21. The van der Waals surface area contributed by atoms with Gasteiger partial charge < -0.3 is 24.3 Å². The molecule has 0 atom stereocenters. The zero-order valence-corrected chi connectivity index (χ0v) is 19.4. The molecule has 2 amide bonds. The first-order chi connectivity index (χ1) is 14.2. The molecule has 3 aliphatic heterocycles. The van der Waals surface area contributed by atoms with Crippen molar-refractivity contribution in [1.29, 1.82) is 0 Å². The quantitative estimate of drug-likeness (QED) is 0.673. The number of hydrogen-bond acceptors (Lipinski definition) is 6. The van der Waals surface area contributed by atoms with Crippen LogP contribution < -0.4 is 0 Å². The maximum Gasteiger partial charge on any atom is 0.410 e. The summed E-state index contributed by atoms with van der Waals surface area (Å²) in [6.45, 7) is 16.7. The summed E-state index contributed by atoms with van der Waals surface area (Å²) >= 11 is 0. The Bertz CT molecular complexity index is 570. The summed E-state index contributed by atoms with van der Waals surface area (Å²) in [5, 5.41) is 0.